The standard InChI is InChI=1S/C14H21FN2O3S/c1-9-3-5-10(6-4-9)17-21(18,19)11-7-12(15)14(20-2)13(16)8-11/h7-10,17H,3-6,16H2,1-2H3. The Bertz CT molecular complexity index is 588. The SMILES string of the molecule is COc1c(N)cc(S(=O)(=O)NC2CCC(C)CC2)cc1F. The molecule has 1 fully saturated rings. The third-order valence-electron chi connectivity index (χ3n) is 3.90. The molecular weight excluding hydrogens is 295 g/mol. The Kier molecular flexibility index (Phi) is 4.73. The Balaban J connectivity index is 2.20. The van der Waals surface area contributed by atoms with Crippen molar-refractivity contribution in [2.45, 2.75) is 43.5 Å². The fraction of sp³-hybridized carbons (Fsp3) is 0.571. The first-order chi connectivity index (χ1) is 9.83. The van der Waals surface area contributed by atoms with Crippen LogP contribution in [0.25, 0.3) is 0 Å². The van der Waals surface area contributed by atoms with E-state index < -0.39 is 15.8 Å². The zero-order valence-electron chi connectivity index (χ0n) is 12.2. The highest BCUT2D eigenvalue weighted by Gasteiger charge is 2.25. The molecule has 1 aliphatic carbocycles. The summed E-state index contributed by atoms with van der Waals surface area (Å²) in [7, 11) is -2.49. The number of methoxy groups -OCH3 is 1. The number of anilines is 1. The van der Waals surface area contributed by atoms with Crippen molar-refractivity contribution in [1.29, 1.82) is 0 Å². The molecule has 0 atom stereocenters. The molecule has 3 N–H and O–H groups in total. The maximum Gasteiger partial charge on any atom is 0.241 e. The van der Waals surface area contributed by atoms with Crippen LogP contribution in [0.1, 0.15) is 32.6 Å². The first-order valence-electron chi connectivity index (χ1n) is 6.99. The molecule has 118 valence electrons. The third-order valence-corrected chi connectivity index (χ3v) is 5.40. The third kappa shape index (κ3) is 3.65. The zero-order chi connectivity index (χ0) is 15.6. The van der Waals surface area contributed by atoms with Gasteiger partial charge < -0.3 is 10.5 Å². The van der Waals surface area contributed by atoms with E-state index in [4.69, 9.17) is 10.5 Å². The second-order valence-electron chi connectivity index (χ2n) is 5.61. The van der Waals surface area contributed by atoms with Crippen LogP contribution in [0.3, 0.4) is 0 Å². The molecule has 2 rings (SSSR count). The number of nitrogens with one attached hydrogen (secondary N) is 1. The molecule has 1 aromatic rings. The van der Waals surface area contributed by atoms with Gasteiger partial charge in [-0.2, -0.15) is 0 Å². The summed E-state index contributed by atoms with van der Waals surface area (Å²) in [5.74, 6) is -0.296. The van der Waals surface area contributed by atoms with Crippen LogP contribution in [0.15, 0.2) is 17.0 Å². The van der Waals surface area contributed by atoms with E-state index in [1.807, 2.05) is 0 Å². The second kappa shape index (κ2) is 6.19. The van der Waals surface area contributed by atoms with Crippen molar-refractivity contribution in [3.05, 3.63) is 17.9 Å². The molecule has 0 heterocycles. The van der Waals surface area contributed by atoms with Gasteiger partial charge in [0, 0.05) is 6.04 Å². The van der Waals surface area contributed by atoms with Gasteiger partial charge in [-0.1, -0.05) is 6.92 Å². The van der Waals surface area contributed by atoms with Crippen LogP contribution in [0, 0.1) is 11.7 Å². The minimum atomic E-state index is -3.77. The second-order valence-corrected chi connectivity index (χ2v) is 7.32. The van der Waals surface area contributed by atoms with Crippen LogP contribution in [0.5, 0.6) is 5.75 Å². The molecule has 0 amide bonds. The van der Waals surface area contributed by atoms with Gasteiger partial charge >= 0.3 is 0 Å². The lowest BCUT2D eigenvalue weighted by molar-refractivity contribution is 0.332. The lowest BCUT2D eigenvalue weighted by atomic mass is 9.88. The number of nitrogens with two attached hydrogens (primary N) is 1. The van der Waals surface area contributed by atoms with Crippen LogP contribution in [0.2, 0.25) is 0 Å². The van der Waals surface area contributed by atoms with E-state index in [-0.39, 0.29) is 22.4 Å². The fourth-order valence-corrected chi connectivity index (χ4v) is 3.98. The Morgan fingerprint density at radius 2 is 1.90 bits per heavy atom. The number of ether oxygens (including phenoxy) is 1. The number of benzene rings is 1. The van der Waals surface area contributed by atoms with Crippen molar-refractivity contribution in [2.75, 3.05) is 12.8 Å². The number of sulfonamides is 1. The van der Waals surface area contributed by atoms with Gasteiger partial charge in [-0.25, -0.2) is 17.5 Å². The Hall–Kier alpha value is -1.34. The number of nitrogen functional groups attached to an aromatic ring is 1. The lowest BCUT2D eigenvalue weighted by Gasteiger charge is -2.26. The van der Waals surface area contributed by atoms with Gasteiger partial charge in [-0.15, -0.1) is 0 Å². The highest BCUT2D eigenvalue weighted by molar-refractivity contribution is 7.89. The quantitative estimate of drug-likeness (QED) is 0.835. The maximum absolute atomic E-state index is 13.8. The normalized spacial score (nSPS) is 23.0. The summed E-state index contributed by atoms with van der Waals surface area (Å²) in [6, 6.07) is 2.05. The van der Waals surface area contributed by atoms with E-state index in [2.05, 4.69) is 11.6 Å². The van der Waals surface area contributed by atoms with Gasteiger partial charge in [-0.05, 0) is 43.7 Å². The molecule has 1 aliphatic rings. The maximum atomic E-state index is 13.8. The summed E-state index contributed by atoms with van der Waals surface area (Å²) in [5.41, 5.74) is 5.59. The minimum absolute atomic E-state index is 0.0323. The highest BCUT2D eigenvalue weighted by atomic mass is 32.2. The average Bonchev–Trinajstić information content (AvgIpc) is 2.41. The number of hydrogen-bond acceptors (Lipinski definition) is 4. The van der Waals surface area contributed by atoms with Gasteiger partial charge in [-0.3, -0.25) is 0 Å². The predicted molar refractivity (Wildman–Crippen MR) is 79.1 cm³/mol. The van der Waals surface area contributed by atoms with E-state index in [0.29, 0.717) is 5.92 Å². The van der Waals surface area contributed by atoms with Crippen LogP contribution in [-0.4, -0.2) is 21.6 Å². The van der Waals surface area contributed by atoms with Crippen molar-refractivity contribution in [1.82, 2.24) is 4.72 Å². The summed E-state index contributed by atoms with van der Waals surface area (Å²) < 4.78 is 45.8. The summed E-state index contributed by atoms with van der Waals surface area (Å²) in [4.78, 5) is -0.170. The van der Waals surface area contributed by atoms with E-state index in [9.17, 15) is 12.8 Å². The topological polar surface area (TPSA) is 81.4 Å². The summed E-state index contributed by atoms with van der Waals surface area (Å²) in [5, 5.41) is 0. The van der Waals surface area contributed by atoms with E-state index >= 15 is 0 Å². The van der Waals surface area contributed by atoms with E-state index in [0.717, 1.165) is 31.7 Å². The van der Waals surface area contributed by atoms with E-state index in [1.165, 1.54) is 13.2 Å². The van der Waals surface area contributed by atoms with Crippen LogP contribution < -0.4 is 15.2 Å². The molecule has 0 bridgehead atoms. The van der Waals surface area contributed by atoms with Crippen molar-refractivity contribution in [2.24, 2.45) is 5.92 Å². The van der Waals surface area contributed by atoms with Gasteiger partial charge in [0.1, 0.15) is 0 Å². The first kappa shape index (κ1) is 16.0. The predicted octanol–water partition coefficient (Wildman–Crippen LogP) is 2.27. The molecule has 21 heavy (non-hydrogen) atoms. The number of hydrogen-bond donors (Lipinski definition) is 2. The Labute approximate surface area is 124 Å². The molecular formula is C14H21FN2O3S. The molecule has 0 spiro atoms. The average molecular weight is 316 g/mol. The first-order valence-corrected chi connectivity index (χ1v) is 8.47. The molecule has 0 unspecified atom stereocenters. The zero-order valence-corrected chi connectivity index (χ0v) is 13.0. The molecule has 0 aromatic heterocycles. The van der Waals surface area contributed by atoms with Crippen LogP contribution >= 0.6 is 0 Å². The monoisotopic (exact) mass is 316 g/mol. The Morgan fingerprint density at radius 3 is 2.43 bits per heavy atom. The van der Waals surface area contributed by atoms with Crippen molar-refractivity contribution < 1.29 is 17.5 Å². The van der Waals surface area contributed by atoms with E-state index in [1.54, 1.807) is 0 Å². The molecule has 5 nitrogen and oxygen atoms in total. The smallest absolute Gasteiger partial charge is 0.241 e. The summed E-state index contributed by atoms with van der Waals surface area (Å²) in [6.07, 6.45) is 3.58. The molecule has 0 aliphatic heterocycles. The van der Waals surface area contributed by atoms with Crippen LogP contribution in [0.4, 0.5) is 10.1 Å². The van der Waals surface area contributed by atoms with Crippen molar-refractivity contribution in [3.63, 3.8) is 0 Å². The Morgan fingerprint density at radius 1 is 1.29 bits per heavy atom. The molecule has 0 saturated heterocycles. The molecule has 0 radical (unpaired) electrons. The largest absolute Gasteiger partial charge is 0.492 e. The molecule has 1 aromatic carbocycles. The number of halogens is 1. The van der Waals surface area contributed by atoms with Gasteiger partial charge in [0.25, 0.3) is 0 Å². The fourth-order valence-electron chi connectivity index (χ4n) is 2.62. The van der Waals surface area contributed by atoms with Gasteiger partial charge in [0.2, 0.25) is 10.0 Å². The number of rotatable bonds is 4. The molecule has 7 heteroatoms. The van der Waals surface area contributed by atoms with Crippen molar-refractivity contribution in [3.8, 4) is 5.75 Å². The van der Waals surface area contributed by atoms with Gasteiger partial charge in [0.15, 0.2) is 11.6 Å². The highest BCUT2D eigenvalue weighted by Crippen LogP contribution is 2.29. The molecule has 1 saturated carbocycles. The van der Waals surface area contributed by atoms with Crippen LogP contribution in [-0.2, 0) is 10.0 Å². The summed E-state index contributed by atoms with van der Waals surface area (Å²) in [6.45, 7) is 2.16. The summed E-state index contributed by atoms with van der Waals surface area (Å²) >= 11 is 0. The van der Waals surface area contributed by atoms with Gasteiger partial charge in [0.05, 0.1) is 17.7 Å². The lowest BCUT2D eigenvalue weighted by Crippen LogP contribution is -2.37. The minimum Gasteiger partial charge on any atom is -0.492 e. The van der Waals surface area contributed by atoms with Crippen molar-refractivity contribution >= 4 is 15.7 Å².